The minimum absolute atomic E-state index is 0.0520. The van der Waals surface area contributed by atoms with Gasteiger partial charge in [-0.25, -0.2) is 0 Å². The van der Waals surface area contributed by atoms with E-state index in [1.807, 2.05) is 48.5 Å². The first-order valence-corrected chi connectivity index (χ1v) is 11.3. The van der Waals surface area contributed by atoms with E-state index in [-0.39, 0.29) is 30.5 Å². The molecule has 32 heavy (non-hydrogen) atoms. The lowest BCUT2D eigenvalue weighted by Gasteiger charge is -2.41. The third-order valence-electron chi connectivity index (χ3n) is 5.89. The van der Waals surface area contributed by atoms with Gasteiger partial charge in [-0.05, 0) is 38.3 Å². The molecule has 170 valence electrons. The molecule has 1 saturated heterocycles. The number of rotatable bonds is 10. The molecule has 1 amide bonds. The zero-order chi connectivity index (χ0) is 22.8. The topological polar surface area (TPSA) is 72.9 Å². The number of carbonyl (C=O) groups is 3. The first-order valence-electron chi connectivity index (χ1n) is 11.3. The van der Waals surface area contributed by atoms with Gasteiger partial charge in [-0.1, -0.05) is 48.5 Å². The summed E-state index contributed by atoms with van der Waals surface area (Å²) in [4.78, 5) is 39.9. The fourth-order valence-corrected chi connectivity index (χ4v) is 4.13. The maximum atomic E-state index is 12.9. The third-order valence-corrected chi connectivity index (χ3v) is 5.89. The number of nitrogens with zero attached hydrogens (tertiary/aromatic N) is 1. The average molecular weight is 438 g/mol. The zero-order valence-corrected chi connectivity index (χ0v) is 18.6. The van der Waals surface area contributed by atoms with Crippen LogP contribution in [0.25, 0.3) is 0 Å². The number of amides is 1. The van der Waals surface area contributed by atoms with E-state index in [9.17, 15) is 14.4 Å². The van der Waals surface area contributed by atoms with Gasteiger partial charge in [0.15, 0.2) is 5.78 Å². The molecule has 2 aromatic rings. The van der Waals surface area contributed by atoms with Crippen LogP contribution in [0.15, 0.2) is 60.7 Å². The quantitative estimate of drug-likeness (QED) is 0.410. The first-order chi connectivity index (χ1) is 15.5. The van der Waals surface area contributed by atoms with Gasteiger partial charge >= 0.3 is 5.97 Å². The summed E-state index contributed by atoms with van der Waals surface area (Å²) in [5.41, 5.74) is -0.180. The second-order valence-electron chi connectivity index (χ2n) is 8.12. The van der Waals surface area contributed by atoms with Crippen molar-refractivity contribution in [2.75, 3.05) is 26.3 Å². The molecule has 0 radical (unpaired) electrons. The second-order valence-corrected chi connectivity index (χ2v) is 8.12. The van der Waals surface area contributed by atoms with Crippen molar-refractivity contribution >= 4 is 17.7 Å². The molecule has 0 aromatic heterocycles. The normalized spacial score (nSPS) is 18.1. The van der Waals surface area contributed by atoms with Gasteiger partial charge in [0.05, 0.1) is 18.6 Å². The van der Waals surface area contributed by atoms with Gasteiger partial charge in [0.2, 0.25) is 5.91 Å². The molecule has 6 heteroatoms. The van der Waals surface area contributed by atoms with Crippen LogP contribution in [-0.4, -0.2) is 48.9 Å². The summed E-state index contributed by atoms with van der Waals surface area (Å²) in [6.45, 7) is 3.31. The standard InChI is InChI=1S/C26H31NO5/c1-2-31-25(30)26(17-19-32-22-12-7-4-8-13-22)16-9-18-27(20-26)24(29)15-14-23(28)21-10-5-3-6-11-21/h3-8,10-13H,2,9,14-20H2,1H3/t26-/m0/s1. The van der Waals surface area contributed by atoms with Crippen LogP contribution in [0, 0.1) is 5.41 Å². The molecule has 2 aromatic carbocycles. The van der Waals surface area contributed by atoms with Gasteiger partial charge in [-0.3, -0.25) is 14.4 Å². The number of likely N-dealkylation sites (tertiary alicyclic amines) is 1. The fraction of sp³-hybridized carbons (Fsp3) is 0.423. The van der Waals surface area contributed by atoms with E-state index >= 15 is 0 Å². The van der Waals surface area contributed by atoms with Crippen LogP contribution in [0.1, 0.15) is 49.4 Å². The van der Waals surface area contributed by atoms with Crippen LogP contribution in [0.2, 0.25) is 0 Å². The zero-order valence-electron chi connectivity index (χ0n) is 18.6. The largest absolute Gasteiger partial charge is 0.494 e. The molecule has 0 aliphatic carbocycles. The Hall–Kier alpha value is -3.15. The van der Waals surface area contributed by atoms with E-state index in [2.05, 4.69) is 0 Å². The van der Waals surface area contributed by atoms with E-state index in [1.54, 1.807) is 24.0 Å². The predicted octanol–water partition coefficient (Wildman–Crippen LogP) is 4.29. The van der Waals surface area contributed by atoms with Crippen LogP contribution in [0.4, 0.5) is 0 Å². The van der Waals surface area contributed by atoms with Gasteiger partial charge in [0.25, 0.3) is 0 Å². The minimum atomic E-state index is -0.790. The maximum absolute atomic E-state index is 12.9. The molecule has 0 spiro atoms. The Bertz CT molecular complexity index is 899. The molecule has 1 aliphatic heterocycles. The number of hydrogen-bond acceptors (Lipinski definition) is 5. The minimum Gasteiger partial charge on any atom is -0.494 e. The lowest BCUT2D eigenvalue weighted by atomic mass is 9.77. The molecule has 3 rings (SSSR count). The number of para-hydroxylation sites is 1. The van der Waals surface area contributed by atoms with Crippen molar-refractivity contribution in [2.24, 2.45) is 5.41 Å². The van der Waals surface area contributed by atoms with Crippen molar-refractivity contribution in [2.45, 2.75) is 39.0 Å². The monoisotopic (exact) mass is 437 g/mol. The van der Waals surface area contributed by atoms with Crippen molar-refractivity contribution in [3.8, 4) is 5.75 Å². The Morgan fingerprint density at radius 2 is 1.66 bits per heavy atom. The molecule has 0 N–H and O–H groups in total. The third kappa shape index (κ3) is 6.19. The van der Waals surface area contributed by atoms with Crippen LogP contribution < -0.4 is 4.74 Å². The van der Waals surface area contributed by atoms with Crippen LogP contribution in [0.5, 0.6) is 5.75 Å². The molecule has 1 fully saturated rings. The van der Waals surface area contributed by atoms with E-state index in [0.717, 1.165) is 5.75 Å². The predicted molar refractivity (Wildman–Crippen MR) is 121 cm³/mol. The Morgan fingerprint density at radius 3 is 2.34 bits per heavy atom. The van der Waals surface area contributed by atoms with E-state index in [4.69, 9.17) is 9.47 Å². The van der Waals surface area contributed by atoms with Crippen molar-refractivity contribution in [3.05, 3.63) is 66.2 Å². The fourth-order valence-electron chi connectivity index (χ4n) is 4.13. The summed E-state index contributed by atoms with van der Waals surface area (Å²) in [5, 5.41) is 0. The Morgan fingerprint density at radius 1 is 0.969 bits per heavy atom. The van der Waals surface area contributed by atoms with Crippen molar-refractivity contribution in [1.29, 1.82) is 0 Å². The van der Waals surface area contributed by atoms with Crippen LogP contribution in [0.3, 0.4) is 0 Å². The summed E-state index contributed by atoms with van der Waals surface area (Å²) in [7, 11) is 0. The number of Topliss-reactive ketones (excluding diaryl/α,β-unsaturated/α-hetero) is 1. The summed E-state index contributed by atoms with van der Waals surface area (Å²) in [6, 6.07) is 18.4. The summed E-state index contributed by atoms with van der Waals surface area (Å²) < 4.78 is 11.2. The first kappa shape index (κ1) is 23.5. The molecular weight excluding hydrogens is 406 g/mol. The van der Waals surface area contributed by atoms with Gasteiger partial charge < -0.3 is 14.4 Å². The van der Waals surface area contributed by atoms with Gasteiger partial charge in [0.1, 0.15) is 5.75 Å². The van der Waals surface area contributed by atoms with E-state index in [1.165, 1.54) is 0 Å². The highest BCUT2D eigenvalue weighted by Crippen LogP contribution is 2.35. The van der Waals surface area contributed by atoms with Crippen molar-refractivity contribution in [1.82, 2.24) is 4.90 Å². The highest BCUT2D eigenvalue weighted by molar-refractivity contribution is 5.98. The highest BCUT2D eigenvalue weighted by atomic mass is 16.5. The molecule has 1 aliphatic rings. The number of piperidine rings is 1. The summed E-state index contributed by atoms with van der Waals surface area (Å²) in [5.74, 6) is 0.305. The highest BCUT2D eigenvalue weighted by Gasteiger charge is 2.44. The molecular formula is C26H31NO5. The van der Waals surface area contributed by atoms with Crippen molar-refractivity contribution in [3.63, 3.8) is 0 Å². The lowest BCUT2D eigenvalue weighted by Crippen LogP contribution is -2.51. The maximum Gasteiger partial charge on any atom is 0.314 e. The Labute approximate surface area is 189 Å². The molecule has 0 saturated carbocycles. The Balaban J connectivity index is 1.61. The lowest BCUT2D eigenvalue weighted by molar-refractivity contribution is -0.162. The van der Waals surface area contributed by atoms with Crippen LogP contribution in [-0.2, 0) is 14.3 Å². The number of benzene rings is 2. The van der Waals surface area contributed by atoms with Gasteiger partial charge in [0, 0.05) is 31.5 Å². The average Bonchev–Trinajstić information content (AvgIpc) is 2.84. The van der Waals surface area contributed by atoms with Gasteiger partial charge in [-0.15, -0.1) is 0 Å². The molecule has 0 unspecified atom stereocenters. The summed E-state index contributed by atoms with van der Waals surface area (Å²) >= 11 is 0. The second kappa shape index (κ2) is 11.5. The number of ether oxygens (including phenoxy) is 2. The smallest absolute Gasteiger partial charge is 0.314 e. The summed E-state index contributed by atoms with van der Waals surface area (Å²) in [6.07, 6.45) is 2.11. The number of hydrogen-bond donors (Lipinski definition) is 0. The van der Waals surface area contributed by atoms with Crippen molar-refractivity contribution < 1.29 is 23.9 Å². The number of carbonyl (C=O) groups excluding carboxylic acids is 3. The molecule has 1 heterocycles. The number of esters is 1. The van der Waals surface area contributed by atoms with E-state index in [0.29, 0.717) is 51.1 Å². The SMILES string of the molecule is CCOC(=O)[C@]1(CCOc2ccccc2)CCCN(C(=O)CCC(=O)c2ccccc2)C1. The van der Waals surface area contributed by atoms with Crippen LogP contribution >= 0.6 is 0 Å². The molecule has 0 bridgehead atoms. The molecule has 6 nitrogen and oxygen atoms in total. The molecule has 1 atom stereocenters. The Kier molecular flexibility index (Phi) is 8.42. The number of ketones is 1. The van der Waals surface area contributed by atoms with E-state index < -0.39 is 5.41 Å². The van der Waals surface area contributed by atoms with Gasteiger partial charge in [-0.2, -0.15) is 0 Å².